The first-order valence-corrected chi connectivity index (χ1v) is 29.7. The molecule has 430 valence electrons. The molecule has 0 aromatic heterocycles. The van der Waals surface area contributed by atoms with Gasteiger partial charge in [-0.3, -0.25) is 9.59 Å². The van der Waals surface area contributed by atoms with Gasteiger partial charge in [0.05, 0.1) is 89.1 Å². The van der Waals surface area contributed by atoms with Crippen molar-refractivity contribution in [3.63, 3.8) is 0 Å². The largest absolute Gasteiger partial charge is 0.380 e. The van der Waals surface area contributed by atoms with Crippen molar-refractivity contribution in [3.05, 3.63) is 126 Å². The number of nitrogens with one attached hydrogen (secondary N) is 2. The van der Waals surface area contributed by atoms with Crippen molar-refractivity contribution in [2.24, 2.45) is 5.73 Å². The van der Waals surface area contributed by atoms with Crippen LogP contribution >= 0.6 is 46.4 Å². The molecule has 4 atom stereocenters. The molecule has 4 aromatic carbocycles. The standard InChI is InChI=1S/C52H68Cl4N6O14S2/c1-60-31-43(41-27-37(53)29-47(55)45(41)33-60)35-3-7-39(8-4-35)77(67,68)58-11-15-71-19-23-75-25-21-73-17-13-62(52(66)50(64)49(63)51(57)65)14-18-74-22-26-76-24-20-72-16-12-59-78(69,70)40-9-5-36(6-10-40)44-32-61(2)34-46-42(44)28-38(54)30-48(46)56/h3-10,27-30,43-44,49-50,58-59,63-64H,11-26,31-34H2,1-2H3,(H2,57,65). The maximum absolute atomic E-state index is 13.0. The molecular weight excluding hydrogens is 1140 g/mol. The summed E-state index contributed by atoms with van der Waals surface area (Å²) in [5, 5.41) is 22.5. The van der Waals surface area contributed by atoms with Gasteiger partial charge in [0.15, 0.2) is 12.2 Å². The summed E-state index contributed by atoms with van der Waals surface area (Å²) in [6.07, 6.45) is -4.21. The summed E-state index contributed by atoms with van der Waals surface area (Å²) >= 11 is 25.6. The van der Waals surface area contributed by atoms with Crippen LogP contribution in [0.2, 0.25) is 20.1 Å². The average molecular weight is 1210 g/mol. The second-order valence-corrected chi connectivity index (χ2v) is 23.9. The van der Waals surface area contributed by atoms with E-state index < -0.39 is 44.1 Å². The first-order chi connectivity index (χ1) is 37.2. The molecule has 6 rings (SSSR count). The lowest BCUT2D eigenvalue weighted by molar-refractivity contribution is -0.153. The summed E-state index contributed by atoms with van der Waals surface area (Å²) < 4.78 is 90.3. The van der Waals surface area contributed by atoms with Gasteiger partial charge in [-0.1, -0.05) is 70.7 Å². The highest BCUT2D eigenvalue weighted by molar-refractivity contribution is 7.89. The van der Waals surface area contributed by atoms with Crippen molar-refractivity contribution < 1.29 is 65.1 Å². The van der Waals surface area contributed by atoms with Crippen molar-refractivity contribution in [1.82, 2.24) is 24.1 Å². The summed E-state index contributed by atoms with van der Waals surface area (Å²) in [6, 6.07) is 20.8. The molecule has 2 aliphatic heterocycles. The number of amides is 2. The minimum absolute atomic E-state index is 0.0161. The minimum Gasteiger partial charge on any atom is -0.380 e. The Balaban J connectivity index is 0.789. The lowest BCUT2D eigenvalue weighted by Gasteiger charge is -2.33. The normalized spacial score (nSPS) is 16.9. The van der Waals surface area contributed by atoms with Crippen LogP contribution in [-0.4, -0.2) is 198 Å². The number of halogens is 4. The maximum atomic E-state index is 13.0. The van der Waals surface area contributed by atoms with Crippen LogP contribution in [0, 0.1) is 0 Å². The zero-order chi connectivity index (χ0) is 56.4. The first kappa shape index (κ1) is 63.6. The SMILES string of the molecule is CN1Cc2c(Cl)cc(Cl)cc2C(c2ccc(S(=O)(=O)NCCOCCOCCOCCN(CCOCCOCCOCCNS(=O)(=O)c3ccc(C4CN(C)Cc5c(Cl)cc(Cl)cc54)cc3)C(=O)C(O)C(O)C(N)=O)cc2)C1. The number of primary amides is 1. The van der Waals surface area contributed by atoms with Crippen LogP contribution in [0.25, 0.3) is 0 Å². The predicted octanol–water partition coefficient (Wildman–Crippen LogP) is 3.85. The Morgan fingerprint density at radius 3 is 1.28 bits per heavy atom. The van der Waals surface area contributed by atoms with Gasteiger partial charge in [0.1, 0.15) is 0 Å². The molecule has 0 saturated carbocycles. The number of sulfonamides is 2. The van der Waals surface area contributed by atoms with Crippen molar-refractivity contribution in [2.75, 3.05) is 133 Å². The van der Waals surface area contributed by atoms with Crippen LogP contribution in [0.3, 0.4) is 0 Å². The third-order valence-electron chi connectivity index (χ3n) is 12.9. The van der Waals surface area contributed by atoms with E-state index in [2.05, 4.69) is 19.2 Å². The number of carbonyl (C=O) groups is 2. The van der Waals surface area contributed by atoms with Crippen LogP contribution in [0.4, 0.5) is 0 Å². The van der Waals surface area contributed by atoms with Crippen LogP contribution in [-0.2, 0) is 71.1 Å². The predicted molar refractivity (Wildman–Crippen MR) is 295 cm³/mol. The number of rotatable bonds is 33. The number of hydrogen-bond acceptors (Lipinski definition) is 16. The van der Waals surface area contributed by atoms with E-state index in [9.17, 15) is 36.6 Å². The summed E-state index contributed by atoms with van der Waals surface area (Å²) in [6.45, 7) is 4.54. The molecule has 26 heteroatoms. The first-order valence-electron chi connectivity index (χ1n) is 25.2. The summed E-state index contributed by atoms with van der Waals surface area (Å²) in [5.41, 5.74) is 11.0. The number of benzene rings is 4. The molecule has 0 aliphatic carbocycles. The zero-order valence-electron chi connectivity index (χ0n) is 43.4. The van der Waals surface area contributed by atoms with Gasteiger partial charge in [-0.25, -0.2) is 26.3 Å². The molecule has 0 saturated heterocycles. The molecule has 20 nitrogen and oxygen atoms in total. The van der Waals surface area contributed by atoms with Crippen LogP contribution < -0.4 is 15.2 Å². The van der Waals surface area contributed by atoms with Crippen molar-refractivity contribution >= 4 is 78.3 Å². The summed E-state index contributed by atoms with van der Waals surface area (Å²) in [7, 11) is -3.58. The number of likely N-dealkylation sites (N-methyl/N-ethyl adjacent to an activating group) is 2. The van der Waals surface area contributed by atoms with E-state index in [1.165, 1.54) is 4.90 Å². The molecule has 6 N–H and O–H groups in total. The Kier molecular flexibility index (Phi) is 25.3. The summed E-state index contributed by atoms with van der Waals surface area (Å²) in [5.74, 6) is -2.27. The molecule has 2 aliphatic rings. The number of ether oxygens (including phenoxy) is 6. The maximum Gasteiger partial charge on any atom is 0.254 e. The Bertz CT molecular complexity index is 2650. The van der Waals surface area contributed by atoms with E-state index in [1.807, 2.05) is 26.2 Å². The Morgan fingerprint density at radius 1 is 0.577 bits per heavy atom. The summed E-state index contributed by atoms with van der Waals surface area (Å²) in [4.78, 5) is 30.1. The Labute approximate surface area is 476 Å². The highest BCUT2D eigenvalue weighted by Crippen LogP contribution is 2.40. The molecule has 78 heavy (non-hydrogen) atoms. The molecule has 2 heterocycles. The van der Waals surface area contributed by atoms with Gasteiger partial charge in [0.25, 0.3) is 5.91 Å². The number of aliphatic hydroxyl groups is 2. The topological polar surface area (TPSA) is 258 Å². The highest BCUT2D eigenvalue weighted by atomic mass is 35.5. The molecule has 2 amide bonds. The molecule has 0 bridgehead atoms. The fraction of sp³-hybridized carbons (Fsp3) is 0.500. The number of nitrogens with two attached hydrogens (primary N) is 1. The second-order valence-electron chi connectivity index (χ2n) is 18.6. The molecule has 4 aromatic rings. The van der Waals surface area contributed by atoms with Gasteiger partial charge in [-0.05, 0) is 96.0 Å². The number of nitrogens with zero attached hydrogens (tertiary/aromatic N) is 3. The highest BCUT2D eigenvalue weighted by Gasteiger charge is 2.33. The lowest BCUT2D eigenvalue weighted by Crippen LogP contribution is -2.51. The van der Waals surface area contributed by atoms with Crippen molar-refractivity contribution in [1.29, 1.82) is 0 Å². The quantitative estimate of drug-likeness (QED) is 0.0425. The van der Waals surface area contributed by atoms with Gasteiger partial charge >= 0.3 is 0 Å². The Hall–Kier alpha value is -3.60. The van der Waals surface area contributed by atoms with Gasteiger partial charge < -0.3 is 59.1 Å². The lowest BCUT2D eigenvalue weighted by atomic mass is 9.85. The van der Waals surface area contributed by atoms with Crippen LogP contribution in [0.1, 0.15) is 45.2 Å². The fourth-order valence-corrected chi connectivity index (χ4v) is 12.1. The van der Waals surface area contributed by atoms with Gasteiger partial charge in [-0.2, -0.15) is 0 Å². The third-order valence-corrected chi connectivity index (χ3v) is 17.0. The second kappa shape index (κ2) is 31.0. The van der Waals surface area contributed by atoms with Gasteiger partial charge in [0, 0.05) is 84.3 Å². The van der Waals surface area contributed by atoms with Crippen molar-refractivity contribution in [2.45, 2.75) is 46.9 Å². The molecular formula is C52H68Cl4N6O14S2. The van der Waals surface area contributed by atoms with Gasteiger partial charge in [0.2, 0.25) is 26.0 Å². The van der Waals surface area contributed by atoms with E-state index >= 15 is 0 Å². The number of aliphatic hydroxyl groups excluding tert-OH is 2. The van der Waals surface area contributed by atoms with Gasteiger partial charge in [-0.15, -0.1) is 0 Å². The smallest absolute Gasteiger partial charge is 0.254 e. The fourth-order valence-electron chi connectivity index (χ4n) is 8.93. The molecule has 0 radical (unpaired) electrons. The Morgan fingerprint density at radius 2 is 0.923 bits per heavy atom. The zero-order valence-corrected chi connectivity index (χ0v) is 48.1. The molecule has 0 spiro atoms. The van der Waals surface area contributed by atoms with E-state index in [0.717, 1.165) is 46.5 Å². The number of carbonyl (C=O) groups excluding carboxylic acids is 2. The third kappa shape index (κ3) is 18.7. The molecule has 0 fully saturated rings. The van der Waals surface area contributed by atoms with Crippen LogP contribution in [0.5, 0.6) is 0 Å². The molecule has 4 unspecified atom stereocenters. The van der Waals surface area contributed by atoms with Crippen molar-refractivity contribution in [3.8, 4) is 0 Å². The number of hydrogen-bond donors (Lipinski definition) is 5. The van der Waals surface area contributed by atoms with E-state index in [-0.39, 0.29) is 127 Å². The van der Waals surface area contributed by atoms with Crippen LogP contribution in [0.15, 0.2) is 82.6 Å². The van der Waals surface area contributed by atoms with E-state index in [1.54, 1.807) is 60.7 Å². The monoisotopic (exact) mass is 1200 g/mol. The van der Waals surface area contributed by atoms with E-state index in [4.69, 9.17) is 80.6 Å². The minimum atomic E-state index is -3.79. The van der Waals surface area contributed by atoms with E-state index in [0.29, 0.717) is 33.2 Å². The average Bonchev–Trinajstić information content (AvgIpc) is 3.46. The number of fused-ring (bicyclic) bond motifs is 2.